The summed E-state index contributed by atoms with van der Waals surface area (Å²) in [4.78, 5) is 0. The molecule has 0 N–H and O–H groups in total. The normalized spacial score (nSPS) is 17.3. The fraction of sp³-hybridized carbons (Fsp3) is 0.667. The average Bonchev–Trinajstić information content (AvgIpc) is 2.37. The first-order chi connectivity index (χ1) is 8.74. The number of benzene rings is 1. The number of rotatable bonds is 5. The molecule has 0 radical (unpaired) electrons. The highest BCUT2D eigenvalue weighted by atomic mass is 14.2. The molecule has 0 aliphatic heterocycles. The Bertz CT molecular complexity index is 345. The summed E-state index contributed by atoms with van der Waals surface area (Å²) < 4.78 is 0. The van der Waals surface area contributed by atoms with Gasteiger partial charge < -0.3 is 0 Å². The summed E-state index contributed by atoms with van der Waals surface area (Å²) in [6.07, 6.45) is 11.3. The van der Waals surface area contributed by atoms with Crippen molar-refractivity contribution < 1.29 is 0 Å². The van der Waals surface area contributed by atoms with Gasteiger partial charge in [-0.3, -0.25) is 0 Å². The van der Waals surface area contributed by atoms with E-state index in [1.165, 1.54) is 56.9 Å². The molecule has 0 spiro atoms. The van der Waals surface area contributed by atoms with E-state index in [4.69, 9.17) is 0 Å². The molecule has 18 heavy (non-hydrogen) atoms. The molecule has 1 saturated carbocycles. The van der Waals surface area contributed by atoms with Gasteiger partial charge in [-0.2, -0.15) is 0 Å². The van der Waals surface area contributed by atoms with Crippen molar-refractivity contribution >= 4 is 0 Å². The average molecular weight is 244 g/mol. The van der Waals surface area contributed by atoms with E-state index in [0.29, 0.717) is 0 Å². The maximum atomic E-state index is 2.43. The van der Waals surface area contributed by atoms with Gasteiger partial charge in [0.1, 0.15) is 0 Å². The fourth-order valence-electron chi connectivity index (χ4n) is 3.23. The van der Waals surface area contributed by atoms with Crippen molar-refractivity contribution in [1.29, 1.82) is 0 Å². The zero-order chi connectivity index (χ0) is 12.8. The monoisotopic (exact) mass is 244 g/mol. The van der Waals surface area contributed by atoms with E-state index in [9.17, 15) is 0 Å². The second kappa shape index (κ2) is 6.97. The van der Waals surface area contributed by atoms with Gasteiger partial charge in [-0.1, -0.05) is 70.2 Å². The molecular formula is C18H28. The van der Waals surface area contributed by atoms with Crippen molar-refractivity contribution in [1.82, 2.24) is 0 Å². The smallest absolute Gasteiger partial charge is 0.0256 e. The Balaban J connectivity index is 1.84. The maximum Gasteiger partial charge on any atom is -0.0256 e. The molecule has 1 aromatic carbocycles. The van der Waals surface area contributed by atoms with Gasteiger partial charge in [0.15, 0.2) is 0 Å². The van der Waals surface area contributed by atoms with Crippen LogP contribution in [0.4, 0.5) is 0 Å². The minimum atomic E-state index is 0.763. The lowest BCUT2D eigenvalue weighted by atomic mass is 9.85. The van der Waals surface area contributed by atoms with Crippen molar-refractivity contribution in [2.24, 2.45) is 11.8 Å². The Labute approximate surface area is 113 Å². The largest absolute Gasteiger partial charge is 0.0625 e. The Kier molecular flexibility index (Phi) is 5.28. The molecule has 1 fully saturated rings. The van der Waals surface area contributed by atoms with Gasteiger partial charge in [-0.05, 0) is 42.2 Å². The first kappa shape index (κ1) is 13.6. The Morgan fingerprint density at radius 3 is 2.50 bits per heavy atom. The van der Waals surface area contributed by atoms with E-state index in [0.717, 1.165) is 11.8 Å². The van der Waals surface area contributed by atoms with Crippen molar-refractivity contribution in [2.45, 2.75) is 65.2 Å². The highest BCUT2D eigenvalue weighted by Crippen LogP contribution is 2.27. The van der Waals surface area contributed by atoms with Crippen LogP contribution in [0.3, 0.4) is 0 Å². The molecule has 0 unspecified atom stereocenters. The second-order valence-electron chi connectivity index (χ2n) is 6.46. The molecule has 0 heterocycles. The highest BCUT2D eigenvalue weighted by Gasteiger charge is 2.13. The zero-order valence-electron chi connectivity index (χ0n) is 12.1. The van der Waals surface area contributed by atoms with Crippen LogP contribution in [-0.2, 0) is 12.8 Å². The summed E-state index contributed by atoms with van der Waals surface area (Å²) in [6, 6.07) is 9.27. The Morgan fingerprint density at radius 2 is 1.78 bits per heavy atom. The molecule has 0 nitrogen and oxygen atoms in total. The summed E-state index contributed by atoms with van der Waals surface area (Å²) in [5.74, 6) is 1.77. The Morgan fingerprint density at radius 1 is 1.06 bits per heavy atom. The molecule has 1 aliphatic carbocycles. The van der Waals surface area contributed by atoms with Crippen LogP contribution >= 0.6 is 0 Å². The van der Waals surface area contributed by atoms with Crippen LogP contribution in [0, 0.1) is 11.8 Å². The number of hydrogen-bond acceptors (Lipinski definition) is 0. The van der Waals surface area contributed by atoms with Gasteiger partial charge in [0.25, 0.3) is 0 Å². The van der Waals surface area contributed by atoms with Crippen LogP contribution in [0.2, 0.25) is 0 Å². The molecule has 2 rings (SSSR count). The van der Waals surface area contributed by atoms with E-state index in [-0.39, 0.29) is 0 Å². The van der Waals surface area contributed by atoms with Crippen LogP contribution < -0.4 is 0 Å². The minimum Gasteiger partial charge on any atom is -0.0625 e. The van der Waals surface area contributed by atoms with Gasteiger partial charge in [0.2, 0.25) is 0 Å². The maximum absolute atomic E-state index is 2.43. The minimum absolute atomic E-state index is 0.763. The third-order valence-corrected chi connectivity index (χ3v) is 4.20. The summed E-state index contributed by atoms with van der Waals surface area (Å²) in [7, 11) is 0. The lowest BCUT2D eigenvalue weighted by molar-refractivity contribution is 0.339. The molecule has 0 aromatic heterocycles. The SMILES string of the molecule is CC(C)Cc1cccc(CCC2CCCCC2)c1. The highest BCUT2D eigenvalue weighted by molar-refractivity contribution is 5.24. The van der Waals surface area contributed by atoms with Crippen LogP contribution in [-0.4, -0.2) is 0 Å². The van der Waals surface area contributed by atoms with Crippen LogP contribution in [0.15, 0.2) is 24.3 Å². The van der Waals surface area contributed by atoms with Gasteiger partial charge in [-0.25, -0.2) is 0 Å². The number of hydrogen-bond donors (Lipinski definition) is 0. The molecule has 0 heteroatoms. The van der Waals surface area contributed by atoms with Crippen molar-refractivity contribution in [3.63, 3.8) is 0 Å². The van der Waals surface area contributed by atoms with Crippen molar-refractivity contribution in [3.8, 4) is 0 Å². The molecule has 100 valence electrons. The predicted molar refractivity (Wildman–Crippen MR) is 79.9 cm³/mol. The first-order valence-electron chi connectivity index (χ1n) is 7.82. The van der Waals surface area contributed by atoms with Gasteiger partial charge >= 0.3 is 0 Å². The molecule has 0 atom stereocenters. The molecule has 0 bridgehead atoms. The number of aryl methyl sites for hydroxylation is 1. The third-order valence-electron chi connectivity index (χ3n) is 4.20. The third kappa shape index (κ3) is 4.48. The summed E-state index contributed by atoms with van der Waals surface area (Å²) in [6.45, 7) is 4.60. The van der Waals surface area contributed by atoms with E-state index in [2.05, 4.69) is 38.1 Å². The second-order valence-corrected chi connectivity index (χ2v) is 6.46. The van der Waals surface area contributed by atoms with Gasteiger partial charge in [0, 0.05) is 0 Å². The summed E-state index contributed by atoms with van der Waals surface area (Å²) in [5.41, 5.74) is 3.07. The molecular weight excluding hydrogens is 216 g/mol. The molecule has 1 aliphatic rings. The molecule has 0 amide bonds. The topological polar surface area (TPSA) is 0 Å². The van der Waals surface area contributed by atoms with Crippen molar-refractivity contribution in [2.75, 3.05) is 0 Å². The lowest BCUT2D eigenvalue weighted by Crippen LogP contribution is -2.07. The van der Waals surface area contributed by atoms with Crippen LogP contribution in [0.5, 0.6) is 0 Å². The van der Waals surface area contributed by atoms with E-state index >= 15 is 0 Å². The van der Waals surface area contributed by atoms with Crippen LogP contribution in [0.25, 0.3) is 0 Å². The van der Waals surface area contributed by atoms with Gasteiger partial charge in [0.05, 0.1) is 0 Å². The lowest BCUT2D eigenvalue weighted by Gasteiger charge is -2.21. The van der Waals surface area contributed by atoms with E-state index in [1.54, 1.807) is 5.56 Å². The standard InChI is InChI=1S/C18H28/c1-15(2)13-18-10-6-9-17(14-18)12-11-16-7-4-3-5-8-16/h6,9-10,14-16H,3-5,7-8,11-13H2,1-2H3. The Hall–Kier alpha value is -0.780. The van der Waals surface area contributed by atoms with E-state index in [1.807, 2.05) is 0 Å². The van der Waals surface area contributed by atoms with E-state index < -0.39 is 0 Å². The van der Waals surface area contributed by atoms with Crippen molar-refractivity contribution in [3.05, 3.63) is 35.4 Å². The molecule has 0 saturated heterocycles. The molecule has 1 aromatic rings. The summed E-state index contributed by atoms with van der Waals surface area (Å²) >= 11 is 0. The van der Waals surface area contributed by atoms with Gasteiger partial charge in [-0.15, -0.1) is 0 Å². The summed E-state index contributed by atoms with van der Waals surface area (Å²) in [5, 5.41) is 0. The quantitative estimate of drug-likeness (QED) is 0.650. The first-order valence-corrected chi connectivity index (χ1v) is 7.82. The zero-order valence-corrected chi connectivity index (χ0v) is 12.1. The predicted octanol–water partition coefficient (Wildman–Crippen LogP) is 5.40. The van der Waals surface area contributed by atoms with Crippen LogP contribution in [0.1, 0.15) is 63.5 Å². The fourth-order valence-corrected chi connectivity index (χ4v) is 3.23.